The molecule has 2 saturated heterocycles. The summed E-state index contributed by atoms with van der Waals surface area (Å²) in [7, 11) is -3.17. The third kappa shape index (κ3) is 3.79. The lowest BCUT2D eigenvalue weighted by Gasteiger charge is -2.35. The molecule has 0 radical (unpaired) electrons. The van der Waals surface area contributed by atoms with Crippen molar-refractivity contribution < 1.29 is 22.7 Å². The van der Waals surface area contributed by atoms with Gasteiger partial charge in [-0.15, -0.1) is 0 Å². The highest BCUT2D eigenvalue weighted by molar-refractivity contribution is 7.88. The van der Waals surface area contributed by atoms with Crippen molar-refractivity contribution in [1.29, 1.82) is 0 Å². The van der Waals surface area contributed by atoms with Crippen LogP contribution in [-0.4, -0.2) is 75.0 Å². The van der Waals surface area contributed by atoms with E-state index in [1.165, 1.54) is 10.6 Å². The maximum Gasteiger partial charge on any atom is 0.339 e. The molecule has 5 rings (SSSR count). The van der Waals surface area contributed by atoms with E-state index in [2.05, 4.69) is 4.90 Å². The summed E-state index contributed by atoms with van der Waals surface area (Å²) in [6, 6.07) is 13.2. The zero-order chi connectivity index (χ0) is 23.4. The van der Waals surface area contributed by atoms with Crippen LogP contribution in [0.25, 0.3) is 0 Å². The molecule has 1 amide bonds. The van der Waals surface area contributed by atoms with Gasteiger partial charge in [-0.25, -0.2) is 13.2 Å². The van der Waals surface area contributed by atoms with E-state index in [4.69, 9.17) is 4.74 Å². The number of carbonyl (C=O) groups is 2. The Kier molecular flexibility index (Phi) is 5.21. The summed E-state index contributed by atoms with van der Waals surface area (Å²) in [4.78, 5) is 29.6. The molecule has 0 unspecified atom stereocenters. The van der Waals surface area contributed by atoms with Crippen LogP contribution in [0.5, 0.6) is 0 Å². The Morgan fingerprint density at radius 3 is 2.45 bits per heavy atom. The van der Waals surface area contributed by atoms with E-state index >= 15 is 0 Å². The van der Waals surface area contributed by atoms with Gasteiger partial charge in [-0.2, -0.15) is 4.31 Å². The molecule has 174 valence electrons. The van der Waals surface area contributed by atoms with Crippen molar-refractivity contribution in [2.45, 2.75) is 18.9 Å². The van der Waals surface area contributed by atoms with Crippen LogP contribution in [0.2, 0.25) is 0 Å². The number of rotatable bonds is 3. The van der Waals surface area contributed by atoms with E-state index < -0.39 is 15.6 Å². The van der Waals surface area contributed by atoms with Crippen molar-refractivity contribution in [1.82, 2.24) is 9.21 Å². The molecule has 0 N–H and O–H groups in total. The zero-order valence-corrected chi connectivity index (χ0v) is 19.6. The summed E-state index contributed by atoms with van der Waals surface area (Å²) in [5, 5.41) is 0. The number of benzene rings is 2. The Morgan fingerprint density at radius 2 is 1.76 bits per heavy atom. The minimum atomic E-state index is -3.17. The molecule has 1 spiro atoms. The highest BCUT2D eigenvalue weighted by Crippen LogP contribution is 2.43. The molecule has 3 heterocycles. The van der Waals surface area contributed by atoms with Crippen molar-refractivity contribution >= 4 is 27.6 Å². The number of carbonyl (C=O) groups excluding carboxylic acids is 2. The average Bonchev–Trinajstić information content (AvgIpc) is 3.34. The summed E-state index contributed by atoms with van der Waals surface area (Å²) in [6.45, 7) is 4.92. The van der Waals surface area contributed by atoms with E-state index in [-0.39, 0.29) is 11.9 Å². The lowest BCUT2D eigenvalue weighted by atomic mass is 9.91. The quantitative estimate of drug-likeness (QED) is 0.639. The molecule has 2 aromatic rings. The van der Waals surface area contributed by atoms with Gasteiger partial charge >= 0.3 is 5.97 Å². The first-order valence-electron chi connectivity index (χ1n) is 11.1. The molecule has 0 aliphatic carbocycles. The molecule has 0 bridgehead atoms. The number of likely N-dealkylation sites (tertiary alicyclic amines) is 1. The second kappa shape index (κ2) is 7.85. The minimum absolute atomic E-state index is 0.0711. The van der Waals surface area contributed by atoms with Crippen LogP contribution in [0.4, 0.5) is 5.69 Å². The fraction of sp³-hybridized carbons (Fsp3) is 0.417. The molecule has 2 fully saturated rings. The molecule has 0 saturated carbocycles. The lowest BCUT2D eigenvalue weighted by molar-refractivity contribution is -0.00307. The van der Waals surface area contributed by atoms with Crippen molar-refractivity contribution in [2.24, 2.45) is 0 Å². The molecule has 9 heteroatoms. The largest absolute Gasteiger partial charge is 0.449 e. The first-order chi connectivity index (χ1) is 15.7. The van der Waals surface area contributed by atoms with Gasteiger partial charge in [-0.05, 0) is 36.8 Å². The minimum Gasteiger partial charge on any atom is -0.449 e. The average molecular weight is 470 g/mol. The van der Waals surface area contributed by atoms with Gasteiger partial charge in [-0.1, -0.05) is 18.2 Å². The zero-order valence-electron chi connectivity index (χ0n) is 18.8. The van der Waals surface area contributed by atoms with Gasteiger partial charge in [0.25, 0.3) is 5.91 Å². The van der Waals surface area contributed by atoms with E-state index in [0.717, 1.165) is 16.8 Å². The number of piperazine rings is 1. The van der Waals surface area contributed by atoms with E-state index in [0.29, 0.717) is 56.8 Å². The number of anilines is 1. The first-order valence-corrected chi connectivity index (χ1v) is 13.0. The van der Waals surface area contributed by atoms with Gasteiger partial charge in [0.2, 0.25) is 10.0 Å². The number of hydrogen-bond acceptors (Lipinski definition) is 6. The predicted octanol–water partition coefficient (Wildman–Crippen LogP) is 1.99. The fourth-order valence-corrected chi connectivity index (χ4v) is 5.96. The van der Waals surface area contributed by atoms with Crippen LogP contribution < -0.4 is 4.90 Å². The van der Waals surface area contributed by atoms with E-state index in [1.807, 2.05) is 43.3 Å². The third-order valence-corrected chi connectivity index (χ3v) is 8.26. The fourth-order valence-electron chi connectivity index (χ4n) is 5.14. The molecule has 3 aliphatic rings. The van der Waals surface area contributed by atoms with E-state index in [1.54, 1.807) is 11.0 Å². The molecular formula is C24H27N3O5S. The van der Waals surface area contributed by atoms with Crippen LogP contribution >= 0.6 is 0 Å². The van der Waals surface area contributed by atoms with Crippen LogP contribution in [0.1, 0.15) is 38.3 Å². The van der Waals surface area contributed by atoms with Gasteiger partial charge in [0.15, 0.2) is 5.60 Å². The van der Waals surface area contributed by atoms with Crippen LogP contribution in [0.15, 0.2) is 42.5 Å². The van der Waals surface area contributed by atoms with Gasteiger partial charge in [0.05, 0.1) is 18.4 Å². The highest BCUT2D eigenvalue weighted by atomic mass is 32.2. The second-order valence-electron chi connectivity index (χ2n) is 9.05. The number of sulfonamides is 1. The summed E-state index contributed by atoms with van der Waals surface area (Å²) in [5.74, 6) is -0.394. The number of hydrogen-bond donors (Lipinski definition) is 0. The number of amides is 1. The number of aryl methyl sites for hydroxylation is 1. The molecule has 8 nitrogen and oxygen atoms in total. The number of nitrogens with zero attached hydrogens (tertiary/aromatic N) is 3. The Bertz CT molecular complexity index is 1240. The van der Waals surface area contributed by atoms with Gasteiger partial charge in [0.1, 0.15) is 0 Å². The number of ether oxygens (including phenoxy) is 1. The SMILES string of the molecule is Cc1cc(N2CCN(S(C)(=O)=O)CC2)ccc1C(=O)N1CC[C@@]2(C1)OC(=O)c1ccccc12. The monoisotopic (exact) mass is 469 g/mol. The Morgan fingerprint density at radius 1 is 1.03 bits per heavy atom. The van der Waals surface area contributed by atoms with Gasteiger partial charge < -0.3 is 14.5 Å². The van der Waals surface area contributed by atoms with Crippen LogP contribution in [0.3, 0.4) is 0 Å². The molecule has 33 heavy (non-hydrogen) atoms. The maximum atomic E-state index is 13.3. The Labute approximate surface area is 193 Å². The Hall–Kier alpha value is -2.91. The van der Waals surface area contributed by atoms with Crippen molar-refractivity contribution in [3.8, 4) is 0 Å². The Balaban J connectivity index is 1.30. The first kappa shape index (κ1) is 21.9. The molecule has 0 aromatic heterocycles. The van der Waals surface area contributed by atoms with Crippen LogP contribution in [-0.2, 0) is 20.4 Å². The molecular weight excluding hydrogens is 442 g/mol. The third-order valence-electron chi connectivity index (χ3n) is 6.96. The topological polar surface area (TPSA) is 87.2 Å². The van der Waals surface area contributed by atoms with Crippen LogP contribution in [0, 0.1) is 6.92 Å². The summed E-state index contributed by atoms with van der Waals surface area (Å²) < 4.78 is 30.8. The normalized spacial score (nSPS) is 23.2. The smallest absolute Gasteiger partial charge is 0.339 e. The second-order valence-corrected chi connectivity index (χ2v) is 11.0. The molecule has 3 aliphatic heterocycles. The lowest BCUT2D eigenvalue weighted by Crippen LogP contribution is -2.48. The molecule has 2 aromatic carbocycles. The summed E-state index contributed by atoms with van der Waals surface area (Å²) in [6.07, 6.45) is 1.82. The number of esters is 1. The summed E-state index contributed by atoms with van der Waals surface area (Å²) >= 11 is 0. The van der Waals surface area contributed by atoms with Crippen molar-refractivity contribution in [3.63, 3.8) is 0 Å². The standard InChI is InChI=1S/C24H27N3O5S/c1-17-15-18(25-11-13-27(14-12-25)33(2,30)31)7-8-19(17)22(28)26-10-9-24(16-26)21-6-4-3-5-20(21)23(29)32-24/h3-8,15H,9-14,16H2,1-2H3/t24-/m0/s1. The number of fused-ring (bicyclic) bond motifs is 2. The summed E-state index contributed by atoms with van der Waals surface area (Å²) in [5.41, 5.74) is 3.18. The van der Waals surface area contributed by atoms with Gasteiger partial charge in [0, 0.05) is 56.0 Å². The predicted molar refractivity (Wildman–Crippen MR) is 124 cm³/mol. The molecule has 1 atom stereocenters. The van der Waals surface area contributed by atoms with Gasteiger partial charge in [-0.3, -0.25) is 4.79 Å². The van der Waals surface area contributed by atoms with Crippen molar-refractivity contribution in [3.05, 3.63) is 64.7 Å². The highest BCUT2D eigenvalue weighted by Gasteiger charge is 2.51. The van der Waals surface area contributed by atoms with E-state index in [9.17, 15) is 18.0 Å². The maximum absolute atomic E-state index is 13.3. The van der Waals surface area contributed by atoms with Crippen molar-refractivity contribution in [2.75, 3.05) is 50.4 Å².